The minimum atomic E-state index is -4.90. The van der Waals surface area contributed by atoms with Gasteiger partial charge in [-0.15, -0.1) is 0 Å². The fraction of sp³-hybridized carbons (Fsp3) is 0.450. The van der Waals surface area contributed by atoms with Crippen LogP contribution in [0.1, 0.15) is 84.0 Å². The minimum absolute atomic E-state index is 0.164. The van der Waals surface area contributed by atoms with Crippen LogP contribution < -0.4 is 32.4 Å². The highest BCUT2D eigenvalue weighted by atomic mass is 28.3. The van der Waals surface area contributed by atoms with E-state index in [0.29, 0.717) is 44.0 Å². The Morgan fingerprint density at radius 1 is 0.742 bits per heavy atom. The summed E-state index contributed by atoms with van der Waals surface area (Å²) in [7, 11) is -1.26. The van der Waals surface area contributed by atoms with E-state index in [4.69, 9.17) is 9.72 Å². The molecule has 26 heteroatoms. The number of imidazole rings is 2. The number of nitrogens with one attached hydrogen (secondary N) is 5. The Kier molecular flexibility index (Phi) is 10.4. The van der Waals surface area contributed by atoms with E-state index in [1.54, 1.807) is 0 Å². The summed E-state index contributed by atoms with van der Waals surface area (Å²) < 4.78 is 91.0. The highest BCUT2D eigenvalue weighted by Crippen LogP contribution is 2.43. The molecule has 4 aliphatic rings. The molecule has 6 aromatic heterocycles. The van der Waals surface area contributed by atoms with Gasteiger partial charge in [0.2, 0.25) is 11.3 Å². The van der Waals surface area contributed by atoms with Gasteiger partial charge in [-0.3, -0.25) is 32.9 Å². The standard InChI is InChI=1S/C23H28F3N7O3Si.C17H14F3N7O2/c1-22(23(24,25)26)31-20(34)15-8-7-14(21(35)33(15)22)29-17-16-19(28-11-27-17)32(18(30-16)13-5-6-13)12-36-9-10-37(2,3)4;1-16(17(18,19)20)26-14(28)9-5-4-8(15(29)27(9)16)23-12-10-13(22-6-21-12)25-11(24-10)7-2-3-7/h7-8,11,13H,5-6,9-10,12H2,1-4H3,(H,31,34)(H,27,28,29);4-7H,2-3H2,1H3,(H,26,28)(H2,21,22,23,24,25). The molecule has 2 fully saturated rings. The normalized spacial score (nSPS) is 20.5. The summed E-state index contributed by atoms with van der Waals surface area (Å²) in [5.41, 5.74) is -7.09. The van der Waals surface area contributed by atoms with Crippen molar-refractivity contribution in [2.45, 2.75) is 107 Å². The van der Waals surface area contributed by atoms with Crippen molar-refractivity contribution in [2.24, 2.45) is 0 Å². The van der Waals surface area contributed by atoms with Crippen molar-refractivity contribution in [3.63, 3.8) is 0 Å². The first-order valence-corrected chi connectivity index (χ1v) is 24.5. The van der Waals surface area contributed by atoms with Crippen LogP contribution in [0.5, 0.6) is 0 Å². The molecule has 2 aliphatic heterocycles. The number of pyridine rings is 2. The third-order valence-corrected chi connectivity index (χ3v) is 13.5. The number of fused-ring (bicyclic) bond motifs is 4. The van der Waals surface area contributed by atoms with Crippen molar-refractivity contribution < 1.29 is 40.7 Å². The molecule has 10 rings (SSSR count). The quantitative estimate of drug-likeness (QED) is 0.0570. The first kappa shape index (κ1) is 44.5. The van der Waals surface area contributed by atoms with E-state index in [2.05, 4.69) is 60.2 Å². The van der Waals surface area contributed by atoms with Crippen molar-refractivity contribution in [3.8, 4) is 0 Å². The van der Waals surface area contributed by atoms with E-state index in [0.717, 1.165) is 63.3 Å². The third-order valence-electron chi connectivity index (χ3n) is 11.8. The molecule has 8 heterocycles. The number of carbonyl (C=O) groups excluding carboxylic acids is 2. The molecule has 2 saturated carbocycles. The Hall–Kier alpha value is -6.70. The van der Waals surface area contributed by atoms with Crippen LogP contribution in [-0.4, -0.2) is 87.4 Å². The van der Waals surface area contributed by atoms with E-state index in [1.807, 2.05) is 15.2 Å². The third kappa shape index (κ3) is 7.73. The lowest BCUT2D eigenvalue weighted by Gasteiger charge is -2.29. The predicted octanol–water partition coefficient (Wildman–Crippen LogP) is 6.01. The average Bonchev–Trinajstić information content (AvgIpc) is 4.14. The fourth-order valence-corrected chi connectivity index (χ4v) is 8.45. The maximum absolute atomic E-state index is 13.8. The zero-order valence-electron chi connectivity index (χ0n) is 35.9. The van der Waals surface area contributed by atoms with Gasteiger partial charge in [0.1, 0.15) is 59.3 Å². The van der Waals surface area contributed by atoms with Gasteiger partial charge in [-0.25, -0.2) is 29.9 Å². The van der Waals surface area contributed by atoms with Crippen LogP contribution in [0, 0.1) is 0 Å². The number of ether oxygens (including phenoxy) is 1. The Balaban J connectivity index is 0.000000171. The highest BCUT2D eigenvalue weighted by Gasteiger charge is 2.60. The first-order chi connectivity index (χ1) is 31.0. The van der Waals surface area contributed by atoms with Crippen LogP contribution in [0.25, 0.3) is 22.3 Å². The molecule has 19 nitrogen and oxygen atoms in total. The first-order valence-electron chi connectivity index (χ1n) is 20.8. The van der Waals surface area contributed by atoms with Crippen molar-refractivity contribution in [1.29, 1.82) is 0 Å². The number of carbonyl (C=O) groups is 2. The van der Waals surface area contributed by atoms with Gasteiger partial charge in [0.25, 0.3) is 22.9 Å². The molecule has 0 saturated heterocycles. The van der Waals surface area contributed by atoms with Gasteiger partial charge in [-0.1, -0.05) is 19.6 Å². The molecule has 66 heavy (non-hydrogen) atoms. The molecule has 2 aliphatic carbocycles. The number of aromatic amines is 1. The van der Waals surface area contributed by atoms with E-state index in [-0.39, 0.29) is 47.0 Å². The molecule has 2 amide bonds. The highest BCUT2D eigenvalue weighted by molar-refractivity contribution is 6.76. The van der Waals surface area contributed by atoms with Crippen molar-refractivity contribution in [2.75, 3.05) is 17.2 Å². The fourth-order valence-electron chi connectivity index (χ4n) is 7.69. The molecule has 2 unspecified atom stereocenters. The van der Waals surface area contributed by atoms with E-state index in [9.17, 15) is 45.5 Å². The topological polar surface area (TPSA) is 234 Å². The van der Waals surface area contributed by atoms with Gasteiger partial charge in [0.15, 0.2) is 28.4 Å². The molecule has 0 bridgehead atoms. The number of rotatable bonds is 11. The molecular weight excluding hydrogens is 899 g/mol. The lowest BCUT2D eigenvalue weighted by atomic mass is 10.2. The Morgan fingerprint density at radius 3 is 1.80 bits per heavy atom. The van der Waals surface area contributed by atoms with Crippen molar-refractivity contribution >= 4 is 65.2 Å². The zero-order chi connectivity index (χ0) is 47.3. The van der Waals surface area contributed by atoms with Crippen molar-refractivity contribution in [1.82, 2.24) is 59.2 Å². The molecular formula is C40H42F6N14O5Si. The van der Waals surface area contributed by atoms with Crippen molar-refractivity contribution in [3.05, 3.63) is 80.7 Å². The number of amides is 2. The maximum Gasteiger partial charge on any atom is 0.430 e. The number of hydrogen-bond acceptors (Lipinski definition) is 13. The molecule has 0 spiro atoms. The van der Waals surface area contributed by atoms with Crippen LogP contribution in [0.2, 0.25) is 25.7 Å². The number of nitrogens with zero attached hydrogens (tertiary/aromatic N) is 9. The molecule has 2 atom stereocenters. The van der Waals surface area contributed by atoms with Crippen LogP contribution >= 0.6 is 0 Å². The van der Waals surface area contributed by atoms with E-state index in [1.165, 1.54) is 30.9 Å². The summed E-state index contributed by atoms with van der Waals surface area (Å²) in [4.78, 5) is 79.2. The predicted molar refractivity (Wildman–Crippen MR) is 227 cm³/mol. The molecule has 5 N–H and O–H groups in total. The second-order valence-electron chi connectivity index (χ2n) is 18.1. The molecule has 0 radical (unpaired) electrons. The lowest BCUT2D eigenvalue weighted by molar-refractivity contribution is -0.213. The Bertz CT molecular complexity index is 3080. The summed E-state index contributed by atoms with van der Waals surface area (Å²) in [6, 6.07) is 5.87. The Morgan fingerprint density at radius 2 is 1.27 bits per heavy atom. The van der Waals surface area contributed by atoms with E-state index < -0.39 is 54.7 Å². The van der Waals surface area contributed by atoms with Gasteiger partial charge >= 0.3 is 12.4 Å². The number of alkyl halides is 6. The van der Waals surface area contributed by atoms with E-state index >= 15 is 0 Å². The second kappa shape index (κ2) is 15.5. The number of hydrogen-bond donors (Lipinski definition) is 5. The number of aromatic nitrogens is 10. The number of anilines is 4. The summed E-state index contributed by atoms with van der Waals surface area (Å²) in [6.45, 7) is 9.19. The molecule has 348 valence electrons. The summed E-state index contributed by atoms with van der Waals surface area (Å²) in [5, 5.41) is 9.32. The maximum atomic E-state index is 13.8. The van der Waals surface area contributed by atoms with Gasteiger partial charge < -0.3 is 31.0 Å². The number of H-pyrrole nitrogens is 1. The van der Waals surface area contributed by atoms with Crippen LogP contribution in [0.15, 0.2) is 46.5 Å². The average molecular weight is 941 g/mol. The number of halogens is 6. The minimum Gasteiger partial charge on any atom is -0.361 e. The van der Waals surface area contributed by atoms with Gasteiger partial charge in [0, 0.05) is 26.5 Å². The summed E-state index contributed by atoms with van der Waals surface area (Å²) in [6.07, 6.45) is -3.23. The van der Waals surface area contributed by atoms with Crippen LogP contribution in [0.4, 0.5) is 49.4 Å². The summed E-state index contributed by atoms with van der Waals surface area (Å²) >= 11 is 0. The largest absolute Gasteiger partial charge is 0.430 e. The summed E-state index contributed by atoms with van der Waals surface area (Å²) in [5.74, 6) is 0.584. The van der Waals surface area contributed by atoms with Crippen LogP contribution in [-0.2, 0) is 22.8 Å². The van der Waals surface area contributed by atoms with Gasteiger partial charge in [-0.2, -0.15) is 26.3 Å². The lowest BCUT2D eigenvalue weighted by Crippen LogP contribution is -2.55. The molecule has 0 aromatic carbocycles. The smallest absolute Gasteiger partial charge is 0.361 e. The monoisotopic (exact) mass is 940 g/mol. The SMILES string of the molecule is CC1(C(F)(F)F)NC(=O)c2ccc(Nc3ncnc4c3nc(C3CC3)n4COCC[Si](C)(C)C)c(=O)n21.CC1(C(F)(F)F)NC(=O)c2ccc(Nc3ncnc4nc(C5CC5)[nH]c34)c(=O)n21. The van der Waals surface area contributed by atoms with Gasteiger partial charge in [0.05, 0.1) is 0 Å². The van der Waals surface area contributed by atoms with Gasteiger partial charge in [-0.05, 0) is 69.8 Å². The second-order valence-corrected chi connectivity index (χ2v) is 23.7. The Labute approximate surface area is 369 Å². The van der Waals surface area contributed by atoms with Crippen LogP contribution in [0.3, 0.4) is 0 Å². The zero-order valence-corrected chi connectivity index (χ0v) is 36.9. The molecule has 6 aromatic rings.